The summed E-state index contributed by atoms with van der Waals surface area (Å²) in [5.41, 5.74) is 16.3. The molecule has 0 saturated heterocycles. The largest absolute Gasteiger partial charge is 0.480 e. The predicted molar refractivity (Wildman–Crippen MR) is 188 cm³/mol. The first-order valence-corrected chi connectivity index (χ1v) is 16.7. The molecule has 0 bridgehead atoms. The zero-order chi connectivity index (χ0) is 35.2. The fourth-order valence-corrected chi connectivity index (χ4v) is 5.82. The first-order valence-electron chi connectivity index (χ1n) is 16.7. The van der Waals surface area contributed by atoms with Gasteiger partial charge in [0.05, 0.1) is 29.7 Å². The minimum absolute atomic E-state index is 0.0109. The van der Waals surface area contributed by atoms with Gasteiger partial charge in [0.15, 0.2) is 0 Å². The van der Waals surface area contributed by atoms with Crippen molar-refractivity contribution in [2.75, 3.05) is 25.0 Å². The maximum absolute atomic E-state index is 13.6. The second-order valence-electron chi connectivity index (χ2n) is 12.4. The number of nitrogens with zero attached hydrogens (tertiary/aromatic N) is 2. The number of hydrazine groups is 1. The van der Waals surface area contributed by atoms with Gasteiger partial charge in [-0.05, 0) is 50.3 Å². The number of hydrogen-bond acceptors (Lipinski definition) is 9. The van der Waals surface area contributed by atoms with Crippen LogP contribution in [0.5, 0.6) is 0 Å². The number of para-hydroxylation sites is 1. The van der Waals surface area contributed by atoms with Gasteiger partial charge >= 0.3 is 5.97 Å². The van der Waals surface area contributed by atoms with Crippen LogP contribution in [0.3, 0.4) is 0 Å². The average Bonchev–Trinajstić information content (AvgIpc) is 3.04. The SMILES string of the molecule is CC(C)NC(CCCCN)C(=O)NC(CCCCNC(=O)CCC(=O)N1Cc2ccccc2/C(N)=C(/N(C)N)c2ccccc21)C(=O)O. The molecular formula is C35H52N8O5. The summed E-state index contributed by atoms with van der Waals surface area (Å²) in [5, 5.41) is 19.8. The third-order valence-electron chi connectivity index (χ3n) is 8.22. The molecule has 48 heavy (non-hydrogen) atoms. The van der Waals surface area contributed by atoms with Crippen LogP contribution in [0.15, 0.2) is 48.5 Å². The summed E-state index contributed by atoms with van der Waals surface area (Å²) in [6.07, 6.45) is 3.30. The molecule has 3 amide bonds. The van der Waals surface area contributed by atoms with Crippen LogP contribution in [0.25, 0.3) is 11.4 Å². The number of amides is 3. The average molecular weight is 665 g/mol. The van der Waals surface area contributed by atoms with Gasteiger partial charge in [-0.1, -0.05) is 62.7 Å². The fourth-order valence-electron chi connectivity index (χ4n) is 5.82. The normalized spacial score (nSPS) is 15.4. The molecule has 0 saturated carbocycles. The number of rotatable bonds is 18. The number of anilines is 1. The molecule has 3 rings (SSSR count). The highest BCUT2D eigenvalue weighted by atomic mass is 16.4. The number of carboxylic acid groups (broad SMARTS) is 1. The molecule has 0 spiro atoms. The predicted octanol–water partition coefficient (Wildman–Crippen LogP) is 2.25. The first kappa shape index (κ1) is 38.0. The van der Waals surface area contributed by atoms with Crippen LogP contribution < -0.4 is 38.2 Å². The third-order valence-corrected chi connectivity index (χ3v) is 8.22. The minimum Gasteiger partial charge on any atom is -0.480 e. The van der Waals surface area contributed by atoms with Crippen LogP contribution in [0, 0.1) is 0 Å². The number of carboxylic acids is 1. The van der Waals surface area contributed by atoms with Crippen LogP contribution >= 0.6 is 0 Å². The lowest BCUT2D eigenvalue weighted by molar-refractivity contribution is -0.142. The van der Waals surface area contributed by atoms with Gasteiger partial charge in [0.25, 0.3) is 0 Å². The number of nitrogens with two attached hydrogens (primary N) is 3. The number of nitrogens with one attached hydrogen (secondary N) is 3. The van der Waals surface area contributed by atoms with Gasteiger partial charge in [-0.25, -0.2) is 10.6 Å². The number of hydrogen-bond donors (Lipinski definition) is 7. The summed E-state index contributed by atoms with van der Waals surface area (Å²) in [7, 11) is 1.70. The van der Waals surface area contributed by atoms with Crippen LogP contribution in [-0.4, -0.2) is 72.1 Å². The quantitative estimate of drug-likeness (QED) is 0.0702. The Kier molecular flexibility index (Phi) is 14.9. The third kappa shape index (κ3) is 10.8. The summed E-state index contributed by atoms with van der Waals surface area (Å²) < 4.78 is 0. The maximum Gasteiger partial charge on any atom is 0.326 e. The van der Waals surface area contributed by atoms with Crippen molar-refractivity contribution in [2.24, 2.45) is 17.3 Å². The molecule has 2 atom stereocenters. The Morgan fingerprint density at radius 2 is 1.56 bits per heavy atom. The number of carbonyl (C=O) groups is 4. The van der Waals surface area contributed by atoms with Gasteiger partial charge in [-0.15, -0.1) is 0 Å². The maximum atomic E-state index is 13.6. The number of unbranched alkanes of at least 4 members (excludes halogenated alkanes) is 2. The number of benzene rings is 2. The molecule has 0 aromatic heterocycles. The number of fused-ring (bicyclic) bond motifs is 2. The zero-order valence-electron chi connectivity index (χ0n) is 28.3. The van der Waals surface area contributed by atoms with Crippen molar-refractivity contribution in [1.82, 2.24) is 21.0 Å². The monoisotopic (exact) mass is 664 g/mol. The van der Waals surface area contributed by atoms with Crippen LogP contribution in [0.2, 0.25) is 0 Å². The number of carbonyl (C=O) groups excluding carboxylic acids is 3. The van der Waals surface area contributed by atoms with Crippen molar-refractivity contribution in [1.29, 1.82) is 0 Å². The van der Waals surface area contributed by atoms with Crippen LogP contribution in [-0.2, 0) is 25.7 Å². The molecular weight excluding hydrogens is 612 g/mol. The van der Waals surface area contributed by atoms with Gasteiger partial charge in [0, 0.05) is 43.6 Å². The lowest BCUT2D eigenvalue weighted by atomic mass is 9.95. The lowest BCUT2D eigenvalue weighted by Gasteiger charge is -2.32. The van der Waals surface area contributed by atoms with Gasteiger partial charge in [-0.2, -0.15) is 0 Å². The standard InChI is InChI=1S/C35H52N8O5/c1-23(2)40-27(15-8-10-20-36)34(46)41-28(35(47)48)16-9-11-21-39-30(44)18-19-31(45)43-22-24-12-4-5-13-25(24)32(37)33(42(3)38)26-14-6-7-17-29(26)43/h4-7,12-14,17,23,27-28,40H,8-11,15-16,18-22,36-38H2,1-3H3,(H,39,44)(H,41,46)(H,47,48)/b33-32-. The van der Waals surface area contributed by atoms with Crippen molar-refractivity contribution in [3.63, 3.8) is 0 Å². The van der Waals surface area contributed by atoms with Crippen molar-refractivity contribution >= 4 is 40.8 Å². The van der Waals surface area contributed by atoms with Gasteiger partial charge < -0.3 is 42.4 Å². The van der Waals surface area contributed by atoms with E-state index in [-0.39, 0.29) is 49.6 Å². The molecule has 1 aliphatic rings. The molecule has 0 aliphatic carbocycles. The Morgan fingerprint density at radius 3 is 2.23 bits per heavy atom. The van der Waals surface area contributed by atoms with E-state index in [1.54, 1.807) is 11.9 Å². The summed E-state index contributed by atoms with van der Waals surface area (Å²) >= 11 is 0. The van der Waals surface area contributed by atoms with E-state index < -0.39 is 18.1 Å². The van der Waals surface area contributed by atoms with E-state index in [9.17, 15) is 24.3 Å². The minimum atomic E-state index is -1.10. The Bertz CT molecular complexity index is 1440. The molecule has 2 unspecified atom stereocenters. The lowest BCUT2D eigenvalue weighted by Crippen LogP contribution is -2.51. The highest BCUT2D eigenvalue weighted by Gasteiger charge is 2.28. The molecule has 13 heteroatoms. The second-order valence-corrected chi connectivity index (χ2v) is 12.4. The molecule has 0 fully saturated rings. The van der Waals surface area contributed by atoms with Crippen LogP contribution in [0.1, 0.15) is 81.9 Å². The fraction of sp³-hybridized carbons (Fsp3) is 0.486. The van der Waals surface area contributed by atoms with Crippen LogP contribution in [0.4, 0.5) is 5.69 Å². The van der Waals surface area contributed by atoms with Crippen molar-refractivity contribution in [2.45, 2.75) is 89.9 Å². The highest BCUT2D eigenvalue weighted by Crippen LogP contribution is 2.36. The molecule has 262 valence electrons. The van der Waals surface area contributed by atoms with Gasteiger partial charge in [0.1, 0.15) is 6.04 Å². The van der Waals surface area contributed by atoms with Gasteiger partial charge in [0.2, 0.25) is 17.7 Å². The smallest absolute Gasteiger partial charge is 0.326 e. The van der Waals surface area contributed by atoms with E-state index in [0.29, 0.717) is 55.0 Å². The van der Waals surface area contributed by atoms with Crippen molar-refractivity contribution < 1.29 is 24.3 Å². The van der Waals surface area contributed by atoms with E-state index in [0.717, 1.165) is 24.0 Å². The molecule has 1 heterocycles. The Morgan fingerprint density at radius 1 is 0.917 bits per heavy atom. The van der Waals surface area contributed by atoms with Gasteiger partial charge in [-0.3, -0.25) is 14.4 Å². The topological polar surface area (TPSA) is 209 Å². The van der Waals surface area contributed by atoms with E-state index >= 15 is 0 Å². The molecule has 2 aromatic carbocycles. The molecule has 2 aromatic rings. The van der Waals surface area contributed by atoms with E-state index in [4.69, 9.17) is 17.3 Å². The summed E-state index contributed by atoms with van der Waals surface area (Å²) in [5.74, 6) is 4.27. The highest BCUT2D eigenvalue weighted by molar-refractivity contribution is 6.01. The summed E-state index contributed by atoms with van der Waals surface area (Å²) in [4.78, 5) is 52.7. The molecule has 0 radical (unpaired) electrons. The Balaban J connectivity index is 1.54. The first-order chi connectivity index (χ1) is 22.9. The molecule has 1 aliphatic heterocycles. The van der Waals surface area contributed by atoms with Crippen molar-refractivity contribution in [3.8, 4) is 0 Å². The van der Waals surface area contributed by atoms with Crippen molar-refractivity contribution in [3.05, 3.63) is 65.2 Å². The molecule has 13 nitrogen and oxygen atoms in total. The number of aliphatic carboxylic acids is 1. The molecule has 10 N–H and O–H groups in total. The Hall–Kier alpha value is -4.46. The summed E-state index contributed by atoms with van der Waals surface area (Å²) in [6.45, 7) is 4.99. The van der Waals surface area contributed by atoms with E-state index in [1.807, 2.05) is 62.4 Å². The zero-order valence-corrected chi connectivity index (χ0v) is 28.3. The van der Waals surface area contributed by atoms with E-state index in [1.165, 1.54) is 5.01 Å². The summed E-state index contributed by atoms with van der Waals surface area (Å²) in [6, 6.07) is 13.5. The second kappa shape index (κ2) is 18.8. The van der Waals surface area contributed by atoms with E-state index in [2.05, 4.69) is 16.0 Å². The Labute approximate surface area is 283 Å².